The summed E-state index contributed by atoms with van der Waals surface area (Å²) >= 11 is 0. The minimum Gasteiger partial charge on any atom is -0.459 e. The van der Waals surface area contributed by atoms with Crippen LogP contribution in [0.5, 0.6) is 0 Å². The number of carbonyl (C=O) groups is 7. The topological polar surface area (TPSA) is 385 Å². The maximum Gasteiger partial charge on any atom is 0.492 e. The smallest absolute Gasteiger partial charge is 0.459 e. The molecule has 16 rings (SSSR count). The lowest BCUT2D eigenvalue weighted by Gasteiger charge is -2.69. The van der Waals surface area contributed by atoms with E-state index in [1.165, 1.54) is 14.0 Å². The molecule has 30 nitrogen and oxygen atoms in total. The van der Waals surface area contributed by atoms with E-state index in [1.807, 2.05) is 54.6 Å². The van der Waals surface area contributed by atoms with E-state index in [9.17, 15) is 19.9 Å². The van der Waals surface area contributed by atoms with E-state index < -0.39 is 127 Å². The second-order valence-electron chi connectivity index (χ2n) is 31.9. The van der Waals surface area contributed by atoms with Crippen molar-refractivity contribution in [3.8, 4) is 0 Å². The number of nitrogens with one attached hydrogen (secondary N) is 4. The Labute approximate surface area is 658 Å². The van der Waals surface area contributed by atoms with Gasteiger partial charge in [-0.15, -0.1) is 15.3 Å². The van der Waals surface area contributed by atoms with E-state index in [0.29, 0.717) is 66.9 Å². The highest BCUT2D eigenvalue weighted by Gasteiger charge is 2.74. The lowest BCUT2D eigenvalue weighted by atomic mass is 9.34. The minimum atomic E-state index is -1.70. The number of fused-ring (bicyclic) bond motifs is 3. The summed E-state index contributed by atoms with van der Waals surface area (Å²) in [5, 5.41) is 71.2. The van der Waals surface area contributed by atoms with E-state index in [-0.39, 0.29) is 117 Å². The second kappa shape index (κ2) is 33.1. The lowest BCUT2D eigenvalue weighted by Crippen LogP contribution is -2.71. The second-order valence-corrected chi connectivity index (χ2v) is 31.9. The lowest BCUT2D eigenvalue weighted by molar-refractivity contribution is -0.210. The van der Waals surface area contributed by atoms with Crippen molar-refractivity contribution in [2.75, 3.05) is 6.54 Å². The molecule has 7 aliphatic rings. The van der Waals surface area contributed by atoms with Crippen LogP contribution in [0.15, 0.2) is 182 Å². The number of rotatable bonds is 31. The zero-order chi connectivity index (χ0) is 79.4. The Bertz CT molecular complexity index is 4530. The predicted octanol–water partition coefficient (Wildman–Crippen LogP) is 4.77. The largest absolute Gasteiger partial charge is 0.492 e. The number of alkyl carbamates (subject to hydrolysis) is 1. The molecule has 114 heavy (non-hydrogen) atoms. The number of benzene rings is 6. The van der Waals surface area contributed by atoms with Crippen molar-refractivity contribution in [2.45, 2.75) is 173 Å². The fourth-order valence-electron chi connectivity index (χ4n) is 17.8. The molecule has 4 aliphatic carbocycles. The Balaban J connectivity index is 0.787. The normalized spacial score (nSPS) is 22.4. The first-order valence-electron chi connectivity index (χ1n) is 38.5. The average Bonchev–Trinajstić information content (AvgIpc) is 0.756. The third kappa shape index (κ3) is 17.2. The predicted molar refractivity (Wildman–Crippen MR) is 410 cm³/mol. The van der Waals surface area contributed by atoms with Gasteiger partial charge in [0.25, 0.3) is 0 Å². The number of ether oxygens (including phenoxy) is 4. The van der Waals surface area contributed by atoms with Crippen LogP contribution in [-0.4, -0.2) is 153 Å². The number of carbonyl (C=O) groups excluding carboxylic acids is 7. The Morgan fingerprint density at radius 2 is 0.763 bits per heavy atom. The number of nitrogens with zero attached hydrogens (tertiary/aromatic N) is 9. The van der Waals surface area contributed by atoms with Crippen molar-refractivity contribution >= 4 is 79.5 Å². The summed E-state index contributed by atoms with van der Waals surface area (Å²) in [6.45, 7) is 4.76. The molecule has 4 bridgehead atoms. The molecule has 3 aliphatic heterocycles. The molecule has 6 atom stereocenters. The maximum absolute atomic E-state index is 16.7. The van der Waals surface area contributed by atoms with Crippen LogP contribution in [0.25, 0.3) is 0 Å². The number of esters is 3. The molecule has 4 amide bonds. The highest BCUT2D eigenvalue weighted by molar-refractivity contribution is 6.62. The van der Waals surface area contributed by atoms with Crippen LogP contribution in [0.1, 0.15) is 160 Å². The highest BCUT2D eigenvalue weighted by Crippen LogP contribution is 2.75. The van der Waals surface area contributed by atoms with Crippen LogP contribution in [0.4, 0.5) is 4.79 Å². The molecule has 4 saturated carbocycles. The number of hydrogen-bond donors (Lipinski definition) is 7. The number of aryl methyl sites for hydroxylation is 3. The number of aromatic nitrogens is 9. The third-order valence-electron chi connectivity index (χ3n) is 22.5. The molecule has 4 fully saturated rings. The summed E-state index contributed by atoms with van der Waals surface area (Å²) in [6.07, 6.45) is 1.66. The Morgan fingerprint density at radius 3 is 1.08 bits per heavy atom. The van der Waals surface area contributed by atoms with Gasteiger partial charge in [0.1, 0.15) is 78.9 Å². The summed E-state index contributed by atoms with van der Waals surface area (Å²) in [5.74, 6) is -4.45. The summed E-state index contributed by atoms with van der Waals surface area (Å²) in [7, 11) is -3.63. The van der Waals surface area contributed by atoms with Crippen molar-refractivity contribution < 1.29 is 81.5 Å². The van der Waals surface area contributed by atoms with Gasteiger partial charge in [0, 0.05) is 26.2 Å². The van der Waals surface area contributed by atoms with Gasteiger partial charge in [-0.25, -0.2) is 19.2 Å². The fourth-order valence-corrected chi connectivity index (χ4v) is 17.8. The molecule has 588 valence electrons. The standard InChI is InChI=1S/C81H88B3N13O17/c1-77(2,3)111-76(104)85-36-19-35-78-46-79(73(101)86-61(70(98)108-43-52-20-7-4-8-21-52)32-37-95-40-64(89-92-95)67-55-26-13-16-29-58(55)82(105)112-67)49-80(47-78,74(102)87-62(71(99)109-44-53-22-9-5-10-23-53)33-38-96-41-65(90-93-96)68-56-27-14-17-30-59(56)83(106)113-68)51-81(48-78,50-79)75(103)88-63(72(100)110-45-54-24-11-6-12-25-54)34-39-97-42-66(91-94-97)69-57-28-15-18-31-60(57)84(107)114-69/h4-18,20-31,40-42,61-63,67-69,105-107H,19,32-39,43-51H2,1-3H3,(H,85,104)(H,86,101)(H,87,102)(H,88,103)/t61-,62-,63-,67?,68?,69?,78?,79?,80?,81?/m0/s1. The Kier molecular flexibility index (Phi) is 22.7. The molecular formula is C81H88B3N13O17. The third-order valence-corrected chi connectivity index (χ3v) is 22.5. The summed E-state index contributed by atoms with van der Waals surface area (Å²) in [4.78, 5) is 108. The molecule has 3 unspecified atom stereocenters. The van der Waals surface area contributed by atoms with E-state index in [4.69, 9.17) is 32.9 Å². The van der Waals surface area contributed by atoms with Crippen LogP contribution < -0.4 is 37.7 Å². The van der Waals surface area contributed by atoms with Gasteiger partial charge < -0.3 is 69.2 Å². The Hall–Kier alpha value is -11.2. The van der Waals surface area contributed by atoms with E-state index in [1.54, 1.807) is 149 Å². The highest BCUT2D eigenvalue weighted by atomic mass is 16.6. The SMILES string of the molecule is CC(C)(C)OC(=O)NCCCC12CC3(C(=O)N[C@@H](CCn4cc(C5OB(O)c6ccccc65)nn4)C(=O)OCc4ccccc4)CC(C(=O)N[C@@H](CCn4cc(C5OB(O)c6ccccc65)nn4)C(=O)OCc4ccccc4)(C1)CC(C(=O)N[C@@H](CCn1cc(C4OB(O)c5ccccc54)nn1)C(=O)OCc1ccccc1)(C2)C3. The fraction of sp³-hybridized carbons (Fsp3) is 0.395. The number of amides is 4. The molecular weight excluding hydrogens is 1460 g/mol. The molecule has 0 spiro atoms. The van der Waals surface area contributed by atoms with E-state index >= 15 is 28.8 Å². The van der Waals surface area contributed by atoms with E-state index in [2.05, 4.69) is 52.2 Å². The average molecular weight is 1550 g/mol. The molecule has 6 heterocycles. The van der Waals surface area contributed by atoms with Crippen molar-refractivity contribution in [1.29, 1.82) is 0 Å². The maximum atomic E-state index is 16.7. The van der Waals surface area contributed by atoms with Crippen LogP contribution in [-0.2, 0) is 101 Å². The zero-order valence-corrected chi connectivity index (χ0v) is 63.3. The summed E-state index contributed by atoms with van der Waals surface area (Å²) in [6, 6.07) is 44.4. The van der Waals surface area contributed by atoms with Gasteiger partial charge >= 0.3 is 45.4 Å². The van der Waals surface area contributed by atoms with Crippen LogP contribution in [0.2, 0.25) is 0 Å². The summed E-state index contributed by atoms with van der Waals surface area (Å²) < 4.78 is 46.1. The molecule has 0 saturated heterocycles. The summed E-state index contributed by atoms with van der Waals surface area (Å²) in [5.41, 5.74) is -0.0812. The van der Waals surface area contributed by atoms with Crippen molar-refractivity contribution in [3.63, 3.8) is 0 Å². The zero-order valence-electron chi connectivity index (χ0n) is 63.3. The van der Waals surface area contributed by atoms with Gasteiger partial charge in [0.15, 0.2) is 0 Å². The molecule has 6 aromatic carbocycles. The van der Waals surface area contributed by atoms with Crippen LogP contribution >= 0.6 is 0 Å². The molecule has 33 heteroatoms. The first kappa shape index (κ1) is 78.1. The van der Waals surface area contributed by atoms with Crippen molar-refractivity contribution in [3.05, 3.63) is 233 Å². The van der Waals surface area contributed by atoms with E-state index in [0.717, 1.165) is 0 Å². The first-order chi connectivity index (χ1) is 55.0. The molecule has 3 aromatic heterocycles. The van der Waals surface area contributed by atoms with Gasteiger partial charge in [0.05, 0.1) is 34.8 Å². The van der Waals surface area contributed by atoms with Gasteiger partial charge in [-0.05, 0) is 147 Å². The Morgan fingerprint density at radius 1 is 0.456 bits per heavy atom. The van der Waals surface area contributed by atoms with Gasteiger partial charge in [-0.2, -0.15) is 0 Å². The van der Waals surface area contributed by atoms with Crippen LogP contribution in [0, 0.1) is 21.7 Å². The van der Waals surface area contributed by atoms with Crippen molar-refractivity contribution in [2.24, 2.45) is 21.7 Å². The van der Waals surface area contributed by atoms with Gasteiger partial charge in [0.2, 0.25) is 17.7 Å². The van der Waals surface area contributed by atoms with Crippen LogP contribution in [0.3, 0.4) is 0 Å². The molecule has 7 N–H and O–H groups in total. The number of hydrogen-bond acceptors (Lipinski definition) is 23. The molecule has 9 aromatic rings. The minimum absolute atomic E-state index is 0.0121. The quantitative estimate of drug-likeness (QED) is 0.0133. The van der Waals surface area contributed by atoms with Crippen molar-refractivity contribution in [1.82, 2.24) is 66.2 Å². The monoisotopic (exact) mass is 1550 g/mol. The first-order valence-corrected chi connectivity index (χ1v) is 38.5. The molecule has 0 radical (unpaired) electrons. The van der Waals surface area contributed by atoms with Gasteiger partial charge in [-0.1, -0.05) is 179 Å². The van der Waals surface area contributed by atoms with Gasteiger partial charge in [-0.3, -0.25) is 28.4 Å².